The highest BCUT2D eigenvalue weighted by molar-refractivity contribution is 5.51. The Hall–Kier alpha value is -2.38. The van der Waals surface area contributed by atoms with Crippen LogP contribution in [0.1, 0.15) is 33.4 Å². The maximum atomic E-state index is 10.5. The molecule has 0 atom stereocenters. The van der Waals surface area contributed by atoms with Crippen molar-refractivity contribution in [2.45, 2.75) is 26.2 Å². The highest BCUT2D eigenvalue weighted by atomic mass is 16.3. The van der Waals surface area contributed by atoms with Crippen molar-refractivity contribution in [1.29, 1.82) is 0 Å². The van der Waals surface area contributed by atoms with Gasteiger partial charge in [-0.15, -0.1) is 0 Å². The summed E-state index contributed by atoms with van der Waals surface area (Å²) in [6, 6.07) is 25.5. The number of aliphatic hydroxyl groups excluding tert-OH is 1. The molecule has 24 heavy (non-hydrogen) atoms. The van der Waals surface area contributed by atoms with E-state index < -0.39 is 5.41 Å². The van der Waals surface area contributed by atoms with E-state index >= 15 is 0 Å². The molecule has 0 radical (unpaired) electrons. The fourth-order valence-corrected chi connectivity index (χ4v) is 3.29. The number of aliphatic hydroxyl groups is 1. The zero-order valence-electron chi connectivity index (χ0n) is 14.6. The van der Waals surface area contributed by atoms with Gasteiger partial charge in [0.05, 0.1) is 12.0 Å². The van der Waals surface area contributed by atoms with Crippen LogP contribution in [-0.2, 0) is 5.41 Å². The molecule has 3 aromatic carbocycles. The molecule has 0 saturated carbocycles. The molecule has 0 aliphatic heterocycles. The Morgan fingerprint density at radius 3 is 1.00 bits per heavy atom. The lowest BCUT2D eigenvalue weighted by Crippen LogP contribution is -2.33. The molecule has 0 fully saturated rings. The number of rotatable bonds is 4. The number of aryl methyl sites for hydroxylation is 3. The van der Waals surface area contributed by atoms with Crippen molar-refractivity contribution in [2.24, 2.45) is 0 Å². The molecule has 0 unspecified atom stereocenters. The van der Waals surface area contributed by atoms with Gasteiger partial charge < -0.3 is 5.11 Å². The molecule has 1 heteroatoms. The Labute approximate surface area is 144 Å². The van der Waals surface area contributed by atoms with Crippen molar-refractivity contribution in [2.75, 3.05) is 6.61 Å². The number of benzene rings is 3. The van der Waals surface area contributed by atoms with Gasteiger partial charge in [-0.05, 0) is 37.5 Å². The highest BCUT2D eigenvalue weighted by Crippen LogP contribution is 2.39. The van der Waals surface area contributed by atoms with E-state index in [1.54, 1.807) is 0 Å². The Morgan fingerprint density at radius 2 is 0.792 bits per heavy atom. The first-order valence-electron chi connectivity index (χ1n) is 8.38. The first-order chi connectivity index (χ1) is 11.6. The quantitative estimate of drug-likeness (QED) is 0.676. The maximum Gasteiger partial charge on any atom is 0.0682 e. The van der Waals surface area contributed by atoms with Gasteiger partial charge >= 0.3 is 0 Å². The molecule has 1 nitrogen and oxygen atoms in total. The molecule has 0 bridgehead atoms. The zero-order valence-corrected chi connectivity index (χ0v) is 14.6. The summed E-state index contributed by atoms with van der Waals surface area (Å²) in [6.45, 7) is 6.29. The number of hydrogen-bond acceptors (Lipinski definition) is 1. The van der Waals surface area contributed by atoms with E-state index in [2.05, 4.69) is 93.6 Å². The standard InChI is InChI=1S/C23H24O/c1-17-4-10-20(11-5-17)23(16-24,21-12-6-18(2)7-13-21)22-14-8-19(3)9-15-22/h4-15,24H,16H2,1-3H3. The third-order valence-electron chi connectivity index (χ3n) is 4.87. The van der Waals surface area contributed by atoms with Crippen molar-refractivity contribution in [3.8, 4) is 0 Å². The van der Waals surface area contributed by atoms with E-state index in [0.29, 0.717) is 0 Å². The van der Waals surface area contributed by atoms with Crippen LogP contribution >= 0.6 is 0 Å². The molecule has 3 rings (SSSR count). The normalized spacial score (nSPS) is 11.5. The molecule has 0 aromatic heterocycles. The predicted octanol–water partition coefficient (Wildman–Crippen LogP) is 4.94. The minimum Gasteiger partial charge on any atom is -0.395 e. The van der Waals surface area contributed by atoms with Crippen LogP contribution in [0, 0.1) is 20.8 Å². The van der Waals surface area contributed by atoms with Crippen LogP contribution in [0.25, 0.3) is 0 Å². The van der Waals surface area contributed by atoms with Crippen LogP contribution < -0.4 is 0 Å². The summed E-state index contributed by atoms with van der Waals surface area (Å²) in [5.74, 6) is 0. The van der Waals surface area contributed by atoms with E-state index in [-0.39, 0.29) is 6.61 Å². The van der Waals surface area contributed by atoms with Gasteiger partial charge in [-0.2, -0.15) is 0 Å². The summed E-state index contributed by atoms with van der Waals surface area (Å²) in [6.07, 6.45) is 0. The second-order valence-electron chi connectivity index (χ2n) is 6.66. The lowest BCUT2D eigenvalue weighted by molar-refractivity contribution is 0.243. The number of hydrogen-bond donors (Lipinski definition) is 1. The Morgan fingerprint density at radius 1 is 0.542 bits per heavy atom. The van der Waals surface area contributed by atoms with Crippen LogP contribution in [0.3, 0.4) is 0 Å². The van der Waals surface area contributed by atoms with Crippen molar-refractivity contribution < 1.29 is 5.11 Å². The van der Waals surface area contributed by atoms with Gasteiger partial charge in [0.25, 0.3) is 0 Å². The molecular formula is C23H24O. The van der Waals surface area contributed by atoms with E-state index in [9.17, 15) is 5.11 Å². The van der Waals surface area contributed by atoms with Crippen LogP contribution in [0.5, 0.6) is 0 Å². The van der Waals surface area contributed by atoms with Gasteiger partial charge in [-0.25, -0.2) is 0 Å². The average Bonchev–Trinajstić information content (AvgIpc) is 2.60. The first-order valence-corrected chi connectivity index (χ1v) is 8.38. The topological polar surface area (TPSA) is 20.2 Å². The SMILES string of the molecule is Cc1ccc(C(CO)(c2ccc(C)cc2)c2ccc(C)cc2)cc1. The fraction of sp³-hybridized carbons (Fsp3) is 0.217. The minimum atomic E-state index is -0.547. The summed E-state index contributed by atoms with van der Waals surface area (Å²) >= 11 is 0. The van der Waals surface area contributed by atoms with E-state index in [1.807, 2.05) is 0 Å². The minimum absolute atomic E-state index is 0.0299. The van der Waals surface area contributed by atoms with Crippen LogP contribution in [0.2, 0.25) is 0 Å². The highest BCUT2D eigenvalue weighted by Gasteiger charge is 2.35. The Kier molecular flexibility index (Phi) is 4.55. The molecule has 1 N–H and O–H groups in total. The Bertz CT molecular complexity index is 685. The van der Waals surface area contributed by atoms with E-state index in [1.165, 1.54) is 16.7 Å². The summed E-state index contributed by atoms with van der Waals surface area (Å²) in [4.78, 5) is 0. The third-order valence-corrected chi connectivity index (χ3v) is 4.87. The second kappa shape index (κ2) is 6.62. The monoisotopic (exact) mass is 316 g/mol. The summed E-state index contributed by atoms with van der Waals surface area (Å²) < 4.78 is 0. The van der Waals surface area contributed by atoms with Gasteiger partial charge in [0.15, 0.2) is 0 Å². The molecule has 0 heterocycles. The maximum absolute atomic E-state index is 10.5. The second-order valence-corrected chi connectivity index (χ2v) is 6.66. The molecule has 122 valence electrons. The van der Waals surface area contributed by atoms with Crippen molar-refractivity contribution >= 4 is 0 Å². The smallest absolute Gasteiger partial charge is 0.0682 e. The zero-order chi connectivity index (χ0) is 17.2. The van der Waals surface area contributed by atoms with Gasteiger partial charge in [-0.3, -0.25) is 0 Å². The lowest BCUT2D eigenvalue weighted by atomic mass is 9.69. The summed E-state index contributed by atoms with van der Waals surface area (Å²) in [5, 5.41) is 10.5. The molecule has 0 amide bonds. The average molecular weight is 316 g/mol. The molecule has 0 aliphatic carbocycles. The largest absolute Gasteiger partial charge is 0.395 e. The third kappa shape index (κ3) is 2.88. The molecule has 0 saturated heterocycles. The molecule has 0 aliphatic rings. The van der Waals surface area contributed by atoms with E-state index in [4.69, 9.17) is 0 Å². The van der Waals surface area contributed by atoms with Crippen LogP contribution in [0.4, 0.5) is 0 Å². The van der Waals surface area contributed by atoms with Gasteiger partial charge in [0.2, 0.25) is 0 Å². The molecular weight excluding hydrogens is 292 g/mol. The van der Waals surface area contributed by atoms with Crippen LogP contribution in [-0.4, -0.2) is 11.7 Å². The lowest BCUT2D eigenvalue weighted by Gasteiger charge is -2.34. The van der Waals surface area contributed by atoms with E-state index in [0.717, 1.165) is 16.7 Å². The van der Waals surface area contributed by atoms with Gasteiger partial charge in [-0.1, -0.05) is 89.5 Å². The molecule has 3 aromatic rings. The molecule has 0 spiro atoms. The van der Waals surface area contributed by atoms with Gasteiger partial charge in [0.1, 0.15) is 0 Å². The van der Waals surface area contributed by atoms with Gasteiger partial charge in [0, 0.05) is 0 Å². The summed E-state index contributed by atoms with van der Waals surface area (Å²) in [7, 11) is 0. The van der Waals surface area contributed by atoms with Crippen LogP contribution in [0.15, 0.2) is 72.8 Å². The van der Waals surface area contributed by atoms with Crippen molar-refractivity contribution in [3.63, 3.8) is 0 Å². The van der Waals surface area contributed by atoms with Crippen molar-refractivity contribution in [1.82, 2.24) is 0 Å². The Balaban J connectivity index is 2.27. The predicted molar refractivity (Wildman–Crippen MR) is 101 cm³/mol. The first kappa shape index (κ1) is 16.5. The fourth-order valence-electron chi connectivity index (χ4n) is 3.29. The summed E-state index contributed by atoms with van der Waals surface area (Å²) in [5.41, 5.74) is 6.46. The van der Waals surface area contributed by atoms with Crippen molar-refractivity contribution in [3.05, 3.63) is 106 Å².